The van der Waals surface area contributed by atoms with Gasteiger partial charge in [-0.1, -0.05) is 0 Å². The molecule has 0 radical (unpaired) electrons. The van der Waals surface area contributed by atoms with Gasteiger partial charge in [0.2, 0.25) is 0 Å². The molecule has 1 unspecified atom stereocenters. The predicted octanol–water partition coefficient (Wildman–Crippen LogP) is 1.52. The van der Waals surface area contributed by atoms with E-state index in [1.807, 2.05) is 0 Å². The Kier molecular flexibility index (Phi) is 4.35. The van der Waals surface area contributed by atoms with E-state index in [9.17, 15) is 0 Å². The minimum absolute atomic E-state index is 0.0135. The number of hydrogen-bond donors (Lipinski definition) is 0. The fourth-order valence-corrected chi connectivity index (χ4v) is 1.67. The first-order valence-electron chi connectivity index (χ1n) is 5.40. The smallest absolute Gasteiger partial charge is 0.0710 e. The van der Waals surface area contributed by atoms with Crippen molar-refractivity contribution in [2.45, 2.75) is 38.9 Å². The van der Waals surface area contributed by atoms with Crippen LogP contribution in [0.2, 0.25) is 0 Å². The fourth-order valence-electron chi connectivity index (χ4n) is 1.67. The standard InChI is InChI=1S/C11H23NO2/c1-11(2,3)14-8-7-12-6-5-10(9-12)13-4/h10H,5-9H2,1-4H3. The van der Waals surface area contributed by atoms with E-state index in [0.717, 1.165) is 32.7 Å². The van der Waals surface area contributed by atoms with Gasteiger partial charge in [0.1, 0.15) is 0 Å². The van der Waals surface area contributed by atoms with Gasteiger partial charge in [-0.2, -0.15) is 0 Å². The average molecular weight is 201 g/mol. The molecule has 1 heterocycles. The molecule has 3 nitrogen and oxygen atoms in total. The number of likely N-dealkylation sites (tertiary alicyclic amines) is 1. The molecule has 1 fully saturated rings. The summed E-state index contributed by atoms with van der Waals surface area (Å²) in [6, 6.07) is 0. The number of rotatable bonds is 4. The van der Waals surface area contributed by atoms with Crippen molar-refractivity contribution >= 4 is 0 Å². The maximum Gasteiger partial charge on any atom is 0.0710 e. The summed E-state index contributed by atoms with van der Waals surface area (Å²) in [6.07, 6.45) is 1.59. The van der Waals surface area contributed by atoms with Crippen molar-refractivity contribution in [2.24, 2.45) is 0 Å². The van der Waals surface area contributed by atoms with E-state index in [2.05, 4.69) is 25.7 Å². The van der Waals surface area contributed by atoms with E-state index in [4.69, 9.17) is 9.47 Å². The monoisotopic (exact) mass is 201 g/mol. The molecule has 3 heteroatoms. The Morgan fingerprint density at radius 1 is 1.36 bits per heavy atom. The molecular formula is C11H23NO2. The van der Waals surface area contributed by atoms with E-state index in [1.54, 1.807) is 7.11 Å². The van der Waals surface area contributed by atoms with Crippen molar-refractivity contribution in [3.63, 3.8) is 0 Å². The van der Waals surface area contributed by atoms with E-state index < -0.39 is 0 Å². The first-order valence-corrected chi connectivity index (χ1v) is 5.40. The first kappa shape index (κ1) is 12.0. The van der Waals surface area contributed by atoms with Crippen molar-refractivity contribution in [1.82, 2.24) is 4.90 Å². The van der Waals surface area contributed by atoms with Gasteiger partial charge in [-0.05, 0) is 27.2 Å². The van der Waals surface area contributed by atoms with Crippen molar-refractivity contribution in [1.29, 1.82) is 0 Å². The maximum atomic E-state index is 5.68. The summed E-state index contributed by atoms with van der Waals surface area (Å²) in [5.74, 6) is 0. The molecule has 1 rings (SSSR count). The zero-order valence-electron chi connectivity index (χ0n) is 9.88. The highest BCUT2D eigenvalue weighted by Gasteiger charge is 2.21. The van der Waals surface area contributed by atoms with Crippen LogP contribution >= 0.6 is 0 Å². The lowest BCUT2D eigenvalue weighted by Crippen LogP contribution is -2.30. The minimum atomic E-state index is -0.0135. The summed E-state index contributed by atoms with van der Waals surface area (Å²) >= 11 is 0. The molecule has 0 saturated carbocycles. The molecular weight excluding hydrogens is 178 g/mol. The predicted molar refractivity (Wildman–Crippen MR) is 57.6 cm³/mol. The Balaban J connectivity index is 2.09. The summed E-state index contributed by atoms with van der Waals surface area (Å²) in [6.45, 7) is 10.3. The summed E-state index contributed by atoms with van der Waals surface area (Å²) in [5.41, 5.74) is -0.0135. The van der Waals surface area contributed by atoms with Crippen LogP contribution in [0.1, 0.15) is 27.2 Å². The van der Waals surface area contributed by atoms with E-state index in [1.165, 1.54) is 0 Å². The summed E-state index contributed by atoms with van der Waals surface area (Å²) < 4.78 is 11.0. The Bertz CT molecular complexity index is 165. The highest BCUT2D eigenvalue weighted by atomic mass is 16.5. The van der Waals surface area contributed by atoms with Gasteiger partial charge >= 0.3 is 0 Å². The summed E-state index contributed by atoms with van der Waals surface area (Å²) in [7, 11) is 1.79. The Hall–Kier alpha value is -0.120. The highest BCUT2D eigenvalue weighted by molar-refractivity contribution is 4.75. The minimum Gasteiger partial charge on any atom is -0.380 e. The number of hydrogen-bond acceptors (Lipinski definition) is 3. The van der Waals surface area contributed by atoms with E-state index in [-0.39, 0.29) is 5.60 Å². The second-order valence-electron chi connectivity index (χ2n) is 4.91. The van der Waals surface area contributed by atoms with Crippen LogP contribution in [-0.2, 0) is 9.47 Å². The third-order valence-electron chi connectivity index (χ3n) is 2.51. The number of methoxy groups -OCH3 is 1. The van der Waals surface area contributed by atoms with Crippen LogP contribution in [0, 0.1) is 0 Å². The highest BCUT2D eigenvalue weighted by Crippen LogP contribution is 2.12. The largest absolute Gasteiger partial charge is 0.380 e. The maximum absolute atomic E-state index is 5.68. The van der Waals surface area contributed by atoms with Gasteiger partial charge in [0, 0.05) is 26.7 Å². The van der Waals surface area contributed by atoms with Crippen molar-refractivity contribution in [3.05, 3.63) is 0 Å². The van der Waals surface area contributed by atoms with Gasteiger partial charge < -0.3 is 9.47 Å². The van der Waals surface area contributed by atoms with Crippen LogP contribution in [0.3, 0.4) is 0 Å². The van der Waals surface area contributed by atoms with Crippen molar-refractivity contribution in [3.8, 4) is 0 Å². The molecule has 1 aliphatic rings. The van der Waals surface area contributed by atoms with Gasteiger partial charge in [-0.25, -0.2) is 0 Å². The zero-order valence-corrected chi connectivity index (χ0v) is 9.88. The third kappa shape index (κ3) is 4.40. The molecule has 0 aliphatic carbocycles. The lowest BCUT2D eigenvalue weighted by Gasteiger charge is -2.22. The first-order chi connectivity index (χ1) is 6.51. The molecule has 1 atom stereocenters. The van der Waals surface area contributed by atoms with Gasteiger partial charge in [-0.3, -0.25) is 4.90 Å². The molecule has 0 aromatic carbocycles. The van der Waals surface area contributed by atoms with Crippen LogP contribution in [0.15, 0.2) is 0 Å². The van der Waals surface area contributed by atoms with Gasteiger partial charge in [0.05, 0.1) is 18.3 Å². The van der Waals surface area contributed by atoms with E-state index >= 15 is 0 Å². The average Bonchev–Trinajstić information content (AvgIpc) is 2.50. The van der Waals surface area contributed by atoms with Crippen molar-refractivity contribution in [2.75, 3.05) is 33.4 Å². The molecule has 0 amide bonds. The number of ether oxygens (including phenoxy) is 2. The molecule has 1 aliphatic heterocycles. The topological polar surface area (TPSA) is 21.7 Å². The molecule has 1 saturated heterocycles. The molecule has 0 aromatic rings. The summed E-state index contributed by atoms with van der Waals surface area (Å²) in [5, 5.41) is 0. The number of nitrogens with zero attached hydrogens (tertiary/aromatic N) is 1. The normalized spacial score (nSPS) is 24.4. The molecule has 0 bridgehead atoms. The summed E-state index contributed by atoms with van der Waals surface area (Å²) in [4.78, 5) is 2.40. The Morgan fingerprint density at radius 3 is 2.57 bits per heavy atom. The lowest BCUT2D eigenvalue weighted by atomic mass is 10.2. The zero-order chi connectivity index (χ0) is 10.6. The van der Waals surface area contributed by atoms with Crippen molar-refractivity contribution < 1.29 is 9.47 Å². The second kappa shape index (κ2) is 5.10. The van der Waals surface area contributed by atoms with Crippen LogP contribution in [-0.4, -0.2) is 50.0 Å². The fraction of sp³-hybridized carbons (Fsp3) is 1.00. The third-order valence-corrected chi connectivity index (χ3v) is 2.51. The van der Waals surface area contributed by atoms with Gasteiger partial charge in [0.25, 0.3) is 0 Å². The van der Waals surface area contributed by atoms with Crippen LogP contribution < -0.4 is 0 Å². The molecule has 0 aromatic heterocycles. The Morgan fingerprint density at radius 2 is 2.07 bits per heavy atom. The van der Waals surface area contributed by atoms with E-state index in [0.29, 0.717) is 6.10 Å². The Labute approximate surface area is 87.4 Å². The van der Waals surface area contributed by atoms with Gasteiger partial charge in [0.15, 0.2) is 0 Å². The van der Waals surface area contributed by atoms with Crippen LogP contribution in [0.4, 0.5) is 0 Å². The quantitative estimate of drug-likeness (QED) is 0.688. The van der Waals surface area contributed by atoms with Crippen LogP contribution in [0.25, 0.3) is 0 Å². The molecule has 0 spiro atoms. The van der Waals surface area contributed by atoms with Crippen LogP contribution in [0.5, 0.6) is 0 Å². The molecule has 84 valence electrons. The van der Waals surface area contributed by atoms with Gasteiger partial charge in [-0.15, -0.1) is 0 Å². The molecule has 14 heavy (non-hydrogen) atoms. The molecule has 0 N–H and O–H groups in total. The second-order valence-corrected chi connectivity index (χ2v) is 4.91. The SMILES string of the molecule is COC1CCN(CCOC(C)(C)C)C1. The lowest BCUT2D eigenvalue weighted by molar-refractivity contribution is -0.0123.